The number of nitrogens with one attached hydrogen (secondary N) is 1. The molecule has 0 fully saturated rings. The molecule has 1 aliphatic heterocycles. The van der Waals surface area contributed by atoms with Crippen LogP contribution in [0.15, 0.2) is 29.3 Å². The van der Waals surface area contributed by atoms with Crippen molar-refractivity contribution >= 4 is 11.9 Å². The standard InChI is InChI=1S/C9H8N2/c10-5-7-2-1-3-8(4-7)9-6-11-9/h1-5,10H,6H2. The van der Waals surface area contributed by atoms with E-state index in [1.165, 1.54) is 6.21 Å². The van der Waals surface area contributed by atoms with E-state index in [1.807, 2.05) is 24.3 Å². The average molecular weight is 144 g/mol. The third-order valence-corrected chi connectivity index (χ3v) is 1.70. The average Bonchev–Trinajstić information content (AvgIpc) is 2.87. The zero-order chi connectivity index (χ0) is 7.68. The molecule has 0 aromatic heterocycles. The third kappa shape index (κ3) is 1.19. The Morgan fingerprint density at radius 2 is 2.27 bits per heavy atom. The Bertz CT molecular complexity index is 326. The van der Waals surface area contributed by atoms with Crippen LogP contribution in [0.5, 0.6) is 0 Å². The summed E-state index contributed by atoms with van der Waals surface area (Å²) in [4.78, 5) is 4.09. The minimum absolute atomic E-state index is 0.876. The van der Waals surface area contributed by atoms with Gasteiger partial charge in [-0.1, -0.05) is 18.2 Å². The summed E-state index contributed by atoms with van der Waals surface area (Å²) in [5.41, 5.74) is 3.26. The van der Waals surface area contributed by atoms with Crippen LogP contribution in [0.3, 0.4) is 0 Å². The largest absolute Gasteiger partial charge is 0.308 e. The molecule has 11 heavy (non-hydrogen) atoms. The van der Waals surface area contributed by atoms with Crippen molar-refractivity contribution < 1.29 is 0 Å². The van der Waals surface area contributed by atoms with E-state index in [0.717, 1.165) is 23.4 Å². The maximum Gasteiger partial charge on any atom is 0.0817 e. The lowest BCUT2D eigenvalue weighted by atomic mass is 10.1. The summed E-state index contributed by atoms with van der Waals surface area (Å²) in [5.74, 6) is 0. The summed E-state index contributed by atoms with van der Waals surface area (Å²) in [7, 11) is 0. The molecular formula is C9H8N2. The summed E-state index contributed by atoms with van der Waals surface area (Å²) in [6.45, 7) is 0.876. The number of nitrogens with zero attached hydrogens (tertiary/aromatic N) is 1. The predicted octanol–water partition coefficient (Wildman–Crippen LogP) is 1.49. The van der Waals surface area contributed by atoms with Gasteiger partial charge in [-0.3, -0.25) is 4.99 Å². The lowest BCUT2D eigenvalue weighted by Gasteiger charge is -1.93. The van der Waals surface area contributed by atoms with Crippen LogP contribution in [0, 0.1) is 5.41 Å². The van der Waals surface area contributed by atoms with Gasteiger partial charge in [-0.05, 0) is 17.2 Å². The van der Waals surface area contributed by atoms with E-state index >= 15 is 0 Å². The molecule has 0 saturated carbocycles. The minimum Gasteiger partial charge on any atom is -0.308 e. The van der Waals surface area contributed by atoms with Crippen LogP contribution in [-0.2, 0) is 0 Å². The Morgan fingerprint density at radius 1 is 1.45 bits per heavy atom. The molecule has 0 spiro atoms. The molecule has 1 aliphatic rings. The van der Waals surface area contributed by atoms with E-state index in [1.54, 1.807) is 0 Å². The number of hydrogen-bond donors (Lipinski definition) is 1. The van der Waals surface area contributed by atoms with Crippen molar-refractivity contribution in [3.63, 3.8) is 0 Å². The lowest BCUT2D eigenvalue weighted by Crippen LogP contribution is -1.88. The van der Waals surface area contributed by atoms with Crippen molar-refractivity contribution in [3.05, 3.63) is 35.4 Å². The van der Waals surface area contributed by atoms with Crippen molar-refractivity contribution in [2.45, 2.75) is 0 Å². The summed E-state index contributed by atoms with van der Waals surface area (Å²) in [6.07, 6.45) is 1.35. The van der Waals surface area contributed by atoms with Crippen molar-refractivity contribution in [1.29, 1.82) is 5.41 Å². The number of rotatable bonds is 2. The van der Waals surface area contributed by atoms with Crippen LogP contribution in [0.4, 0.5) is 0 Å². The molecule has 1 N–H and O–H groups in total. The van der Waals surface area contributed by atoms with Gasteiger partial charge in [0.15, 0.2) is 0 Å². The lowest BCUT2D eigenvalue weighted by molar-refractivity contribution is 1.53. The fourth-order valence-corrected chi connectivity index (χ4v) is 1.03. The quantitative estimate of drug-likeness (QED) is 0.610. The minimum atomic E-state index is 0.876. The molecular weight excluding hydrogens is 136 g/mol. The van der Waals surface area contributed by atoms with Crippen LogP contribution < -0.4 is 0 Å². The molecule has 0 radical (unpaired) electrons. The normalized spacial score (nSPS) is 14.0. The van der Waals surface area contributed by atoms with Gasteiger partial charge in [0.1, 0.15) is 0 Å². The zero-order valence-corrected chi connectivity index (χ0v) is 6.04. The molecule has 0 atom stereocenters. The molecule has 0 unspecified atom stereocenters. The van der Waals surface area contributed by atoms with Crippen molar-refractivity contribution in [3.8, 4) is 0 Å². The van der Waals surface area contributed by atoms with Gasteiger partial charge in [0.2, 0.25) is 0 Å². The predicted molar refractivity (Wildman–Crippen MR) is 45.7 cm³/mol. The Kier molecular flexibility index (Phi) is 1.32. The maximum absolute atomic E-state index is 7.04. The van der Waals surface area contributed by atoms with Crippen LogP contribution in [0.1, 0.15) is 11.1 Å². The van der Waals surface area contributed by atoms with Crippen molar-refractivity contribution in [2.75, 3.05) is 6.54 Å². The first-order valence-corrected chi connectivity index (χ1v) is 3.54. The number of aliphatic imine (C=N–C) groups is 1. The summed E-state index contributed by atoms with van der Waals surface area (Å²) in [6, 6.07) is 7.88. The summed E-state index contributed by atoms with van der Waals surface area (Å²) in [5, 5.41) is 7.04. The number of benzene rings is 1. The molecule has 2 heteroatoms. The Labute approximate surface area is 65.1 Å². The van der Waals surface area contributed by atoms with E-state index < -0.39 is 0 Å². The molecule has 0 bridgehead atoms. The third-order valence-electron chi connectivity index (χ3n) is 1.70. The van der Waals surface area contributed by atoms with E-state index in [-0.39, 0.29) is 0 Å². The highest BCUT2D eigenvalue weighted by Gasteiger charge is 2.11. The second kappa shape index (κ2) is 2.31. The zero-order valence-electron chi connectivity index (χ0n) is 6.04. The van der Waals surface area contributed by atoms with Crippen molar-refractivity contribution in [2.24, 2.45) is 4.99 Å². The highest BCUT2D eigenvalue weighted by Crippen LogP contribution is 2.11. The highest BCUT2D eigenvalue weighted by molar-refractivity contribution is 6.10. The van der Waals surface area contributed by atoms with Crippen LogP contribution >= 0.6 is 0 Å². The number of hydrogen-bond acceptors (Lipinski definition) is 2. The van der Waals surface area contributed by atoms with Gasteiger partial charge in [0.05, 0.1) is 12.3 Å². The van der Waals surface area contributed by atoms with Gasteiger partial charge in [-0.15, -0.1) is 0 Å². The van der Waals surface area contributed by atoms with Gasteiger partial charge in [-0.2, -0.15) is 0 Å². The molecule has 54 valence electrons. The van der Waals surface area contributed by atoms with E-state index in [4.69, 9.17) is 5.41 Å². The molecule has 1 aromatic carbocycles. The smallest absolute Gasteiger partial charge is 0.0817 e. The Morgan fingerprint density at radius 3 is 2.91 bits per heavy atom. The summed E-state index contributed by atoms with van der Waals surface area (Å²) >= 11 is 0. The second-order valence-corrected chi connectivity index (χ2v) is 2.53. The Balaban J connectivity index is 2.41. The molecule has 2 rings (SSSR count). The molecule has 0 aliphatic carbocycles. The van der Waals surface area contributed by atoms with E-state index in [2.05, 4.69) is 4.99 Å². The summed E-state index contributed by atoms with van der Waals surface area (Å²) < 4.78 is 0. The first-order valence-electron chi connectivity index (χ1n) is 3.54. The maximum atomic E-state index is 7.04. The van der Waals surface area contributed by atoms with Crippen LogP contribution in [-0.4, -0.2) is 18.5 Å². The first-order chi connectivity index (χ1) is 5.40. The van der Waals surface area contributed by atoms with Gasteiger partial charge in [-0.25, -0.2) is 0 Å². The molecule has 2 nitrogen and oxygen atoms in total. The van der Waals surface area contributed by atoms with Gasteiger partial charge < -0.3 is 5.41 Å². The molecule has 0 saturated heterocycles. The SMILES string of the molecule is N=Cc1cccc(C2=NC2)c1. The molecule has 0 amide bonds. The van der Waals surface area contributed by atoms with E-state index in [9.17, 15) is 0 Å². The molecule has 1 aromatic rings. The van der Waals surface area contributed by atoms with E-state index in [0.29, 0.717) is 0 Å². The van der Waals surface area contributed by atoms with Crippen LogP contribution in [0.25, 0.3) is 0 Å². The van der Waals surface area contributed by atoms with Gasteiger partial charge >= 0.3 is 0 Å². The Hall–Kier alpha value is -1.44. The van der Waals surface area contributed by atoms with Crippen LogP contribution in [0.2, 0.25) is 0 Å². The fourth-order valence-electron chi connectivity index (χ4n) is 1.03. The topological polar surface area (TPSA) is 36.2 Å². The fraction of sp³-hybridized carbons (Fsp3) is 0.111. The van der Waals surface area contributed by atoms with Gasteiger partial charge in [0, 0.05) is 6.21 Å². The van der Waals surface area contributed by atoms with Gasteiger partial charge in [0.25, 0.3) is 0 Å². The highest BCUT2D eigenvalue weighted by atomic mass is 14.9. The monoisotopic (exact) mass is 144 g/mol. The van der Waals surface area contributed by atoms with Crippen molar-refractivity contribution in [1.82, 2.24) is 0 Å². The first kappa shape index (κ1) is 6.28. The second-order valence-electron chi connectivity index (χ2n) is 2.53. The molecule has 1 heterocycles.